The molecule has 1 heterocycles. The molecule has 1 atom stereocenters. The zero-order valence-corrected chi connectivity index (χ0v) is 14.1. The molecule has 2 aromatic rings. The van der Waals surface area contributed by atoms with Gasteiger partial charge in [0, 0.05) is 30.9 Å². The summed E-state index contributed by atoms with van der Waals surface area (Å²) in [5, 5.41) is 12.1. The molecule has 0 bridgehead atoms. The number of likely N-dealkylation sites (tertiary alicyclic amines) is 1. The quantitative estimate of drug-likeness (QED) is 0.829. The van der Waals surface area contributed by atoms with E-state index in [1.165, 1.54) is 12.1 Å². The minimum atomic E-state index is -0.640. The van der Waals surface area contributed by atoms with E-state index in [1.807, 2.05) is 0 Å². The summed E-state index contributed by atoms with van der Waals surface area (Å²) in [4.78, 5) is 13.9. The van der Waals surface area contributed by atoms with Crippen molar-refractivity contribution in [1.29, 1.82) is 0 Å². The topological polar surface area (TPSA) is 61.8 Å². The summed E-state index contributed by atoms with van der Waals surface area (Å²) < 4.78 is 32.0. The van der Waals surface area contributed by atoms with E-state index in [-0.39, 0.29) is 25.2 Å². The first-order valence-corrected chi connectivity index (χ1v) is 8.36. The number of benzene rings is 2. The van der Waals surface area contributed by atoms with Crippen LogP contribution in [0, 0.1) is 11.6 Å². The molecular weight excluding hydrogens is 342 g/mol. The maximum absolute atomic E-state index is 13.2. The molecule has 1 saturated heterocycles. The zero-order chi connectivity index (χ0) is 18.5. The Morgan fingerprint density at radius 2 is 1.88 bits per heavy atom. The van der Waals surface area contributed by atoms with Crippen LogP contribution in [0.5, 0.6) is 5.75 Å². The summed E-state index contributed by atoms with van der Waals surface area (Å²) >= 11 is 0. The van der Waals surface area contributed by atoms with E-state index in [2.05, 4.69) is 5.32 Å². The van der Waals surface area contributed by atoms with Gasteiger partial charge in [-0.05, 0) is 36.2 Å². The molecule has 2 aromatic carbocycles. The largest absolute Gasteiger partial charge is 0.484 e. The van der Waals surface area contributed by atoms with Crippen molar-refractivity contribution >= 4 is 11.6 Å². The lowest BCUT2D eigenvalue weighted by atomic mass is 10.2. The lowest BCUT2D eigenvalue weighted by Crippen LogP contribution is -2.35. The number of hydrogen-bond donors (Lipinski definition) is 2. The van der Waals surface area contributed by atoms with Gasteiger partial charge >= 0.3 is 0 Å². The van der Waals surface area contributed by atoms with E-state index in [1.54, 1.807) is 29.2 Å². The lowest BCUT2D eigenvalue weighted by molar-refractivity contribution is -0.132. The van der Waals surface area contributed by atoms with Crippen molar-refractivity contribution < 1.29 is 23.4 Å². The number of ether oxygens (including phenoxy) is 1. The third-order valence-corrected chi connectivity index (χ3v) is 4.24. The fourth-order valence-electron chi connectivity index (χ4n) is 2.90. The summed E-state index contributed by atoms with van der Waals surface area (Å²) in [5.41, 5.74) is 1.13. The normalized spacial score (nSPS) is 16.6. The predicted octanol–water partition coefficient (Wildman–Crippen LogP) is 2.55. The van der Waals surface area contributed by atoms with Crippen LogP contribution in [0.3, 0.4) is 0 Å². The highest BCUT2D eigenvalue weighted by Gasteiger charge is 2.26. The number of aliphatic hydroxyl groups excluding tert-OH is 1. The molecule has 5 nitrogen and oxygen atoms in total. The zero-order valence-electron chi connectivity index (χ0n) is 14.1. The van der Waals surface area contributed by atoms with Gasteiger partial charge in [0.1, 0.15) is 17.4 Å². The van der Waals surface area contributed by atoms with Gasteiger partial charge in [0.05, 0.1) is 6.61 Å². The maximum Gasteiger partial charge on any atom is 0.260 e. The van der Waals surface area contributed by atoms with Crippen molar-refractivity contribution in [3.8, 4) is 5.75 Å². The van der Waals surface area contributed by atoms with E-state index in [0.717, 1.165) is 11.6 Å². The molecule has 1 unspecified atom stereocenters. The fourth-order valence-corrected chi connectivity index (χ4v) is 2.90. The molecule has 3 rings (SSSR count). The average Bonchev–Trinajstić information content (AvgIpc) is 3.07. The molecule has 0 saturated carbocycles. The number of anilines is 1. The minimum Gasteiger partial charge on any atom is -0.484 e. The van der Waals surface area contributed by atoms with Gasteiger partial charge in [0.15, 0.2) is 6.61 Å². The molecule has 0 radical (unpaired) electrons. The number of hydrogen-bond acceptors (Lipinski definition) is 4. The van der Waals surface area contributed by atoms with Crippen molar-refractivity contribution in [2.75, 3.05) is 25.0 Å². The molecule has 1 aliphatic rings. The Labute approximate surface area is 150 Å². The summed E-state index contributed by atoms with van der Waals surface area (Å²) in [6.45, 7) is 0.876. The number of nitrogens with zero attached hydrogens (tertiary/aromatic N) is 1. The van der Waals surface area contributed by atoms with Crippen molar-refractivity contribution in [2.24, 2.45) is 0 Å². The molecule has 0 spiro atoms. The molecule has 0 aromatic heterocycles. The van der Waals surface area contributed by atoms with Crippen LogP contribution < -0.4 is 10.1 Å². The van der Waals surface area contributed by atoms with E-state index in [4.69, 9.17) is 9.84 Å². The van der Waals surface area contributed by atoms with E-state index in [9.17, 15) is 13.6 Å². The Bertz CT molecular complexity index is 748. The van der Waals surface area contributed by atoms with Crippen molar-refractivity contribution in [1.82, 2.24) is 4.90 Å². The van der Waals surface area contributed by atoms with Crippen LogP contribution in [0.25, 0.3) is 0 Å². The van der Waals surface area contributed by atoms with Crippen LogP contribution in [-0.2, 0) is 11.4 Å². The second-order valence-corrected chi connectivity index (χ2v) is 6.22. The summed E-state index contributed by atoms with van der Waals surface area (Å²) in [6.07, 6.45) is 0.690. The number of halogens is 2. The number of nitrogens with one attached hydrogen (secondary N) is 1. The summed E-state index contributed by atoms with van der Waals surface area (Å²) in [6, 6.07) is 10.1. The first-order valence-electron chi connectivity index (χ1n) is 8.36. The monoisotopic (exact) mass is 362 g/mol. The molecule has 26 heavy (non-hydrogen) atoms. The van der Waals surface area contributed by atoms with Gasteiger partial charge in [0.2, 0.25) is 0 Å². The molecule has 7 heteroatoms. The van der Waals surface area contributed by atoms with Crippen molar-refractivity contribution in [2.45, 2.75) is 19.1 Å². The molecule has 138 valence electrons. The second-order valence-electron chi connectivity index (χ2n) is 6.22. The highest BCUT2D eigenvalue weighted by atomic mass is 19.1. The lowest BCUT2D eigenvalue weighted by Gasteiger charge is -2.18. The van der Waals surface area contributed by atoms with E-state index >= 15 is 0 Å². The van der Waals surface area contributed by atoms with Crippen LogP contribution in [-0.4, -0.2) is 41.7 Å². The molecule has 0 aliphatic carbocycles. The second kappa shape index (κ2) is 8.14. The van der Waals surface area contributed by atoms with Gasteiger partial charge in [-0.15, -0.1) is 0 Å². The Hall–Kier alpha value is -2.67. The van der Waals surface area contributed by atoms with Crippen LogP contribution in [0.15, 0.2) is 42.5 Å². The van der Waals surface area contributed by atoms with Crippen LogP contribution in [0.1, 0.15) is 12.0 Å². The standard InChI is InChI=1S/C19H20F2N2O3/c20-14-7-15(21)9-17(8-14)22-16-5-6-23(10-16)19(25)12-26-18-3-1-13(11-24)2-4-18/h1-4,7-9,16,22,24H,5-6,10-12H2. The third-order valence-electron chi connectivity index (χ3n) is 4.24. The summed E-state index contributed by atoms with van der Waals surface area (Å²) in [7, 11) is 0. The SMILES string of the molecule is O=C(COc1ccc(CO)cc1)N1CCC(Nc2cc(F)cc(F)c2)C1. The Morgan fingerprint density at radius 1 is 1.19 bits per heavy atom. The smallest absolute Gasteiger partial charge is 0.260 e. The minimum absolute atomic E-state index is 0.0450. The average molecular weight is 362 g/mol. The van der Waals surface area contributed by atoms with Crippen LogP contribution in [0.4, 0.5) is 14.5 Å². The number of carbonyl (C=O) groups is 1. The van der Waals surface area contributed by atoms with Gasteiger partial charge in [-0.3, -0.25) is 4.79 Å². The van der Waals surface area contributed by atoms with E-state index < -0.39 is 11.6 Å². The van der Waals surface area contributed by atoms with Crippen LogP contribution >= 0.6 is 0 Å². The van der Waals surface area contributed by atoms with Gasteiger partial charge in [-0.2, -0.15) is 0 Å². The Balaban J connectivity index is 1.48. The predicted molar refractivity (Wildman–Crippen MR) is 92.8 cm³/mol. The van der Waals surface area contributed by atoms with Gasteiger partial charge < -0.3 is 20.1 Å². The fraction of sp³-hybridized carbons (Fsp3) is 0.316. The number of rotatable bonds is 6. The molecule has 2 N–H and O–H groups in total. The Kier molecular flexibility index (Phi) is 5.68. The highest BCUT2D eigenvalue weighted by molar-refractivity contribution is 5.78. The molecular formula is C19H20F2N2O3. The van der Waals surface area contributed by atoms with Crippen molar-refractivity contribution in [3.05, 3.63) is 59.7 Å². The maximum atomic E-state index is 13.2. The van der Waals surface area contributed by atoms with E-state index in [0.29, 0.717) is 30.9 Å². The Morgan fingerprint density at radius 3 is 2.54 bits per heavy atom. The first kappa shape index (κ1) is 18.1. The van der Waals surface area contributed by atoms with Gasteiger partial charge in [0.25, 0.3) is 5.91 Å². The third kappa shape index (κ3) is 4.70. The number of amides is 1. The number of aliphatic hydroxyl groups is 1. The summed E-state index contributed by atoms with van der Waals surface area (Å²) in [5.74, 6) is -0.872. The highest BCUT2D eigenvalue weighted by Crippen LogP contribution is 2.19. The molecule has 1 amide bonds. The molecule has 1 fully saturated rings. The first-order chi connectivity index (χ1) is 12.5. The van der Waals surface area contributed by atoms with Crippen LogP contribution in [0.2, 0.25) is 0 Å². The van der Waals surface area contributed by atoms with Gasteiger partial charge in [-0.25, -0.2) is 8.78 Å². The van der Waals surface area contributed by atoms with Crippen molar-refractivity contribution in [3.63, 3.8) is 0 Å². The number of carbonyl (C=O) groups excluding carboxylic acids is 1. The van der Waals surface area contributed by atoms with Gasteiger partial charge in [-0.1, -0.05) is 12.1 Å². The molecule has 1 aliphatic heterocycles.